The first-order valence-electron chi connectivity index (χ1n) is 5.96. The highest BCUT2D eigenvalue weighted by Gasteiger charge is 2.22. The summed E-state index contributed by atoms with van der Waals surface area (Å²) in [5.41, 5.74) is -0.922. The first-order valence-corrected chi connectivity index (χ1v) is 8.31. The molecule has 23 heavy (non-hydrogen) atoms. The maximum Gasteiger partial charge on any atom is 0.340 e. The molecule has 0 fully saturated rings. The van der Waals surface area contributed by atoms with E-state index in [2.05, 4.69) is 31.0 Å². The zero-order chi connectivity index (χ0) is 16.9. The predicted octanol–water partition coefficient (Wildman–Crippen LogP) is 2.00. The smallest absolute Gasteiger partial charge is 0.340 e. The maximum absolute atomic E-state index is 13.5. The van der Waals surface area contributed by atoms with Crippen LogP contribution in [0.3, 0.4) is 0 Å². The molecule has 3 rings (SSSR count). The average molecular weight is 407 g/mol. The second-order valence-electron chi connectivity index (χ2n) is 4.45. The lowest BCUT2D eigenvalue weighted by molar-refractivity contribution is 0.447. The Balaban J connectivity index is 2.37. The van der Waals surface area contributed by atoms with Gasteiger partial charge in [0, 0.05) is 16.7 Å². The largest absolute Gasteiger partial charge is 0.609 e. The van der Waals surface area contributed by atoms with Crippen LogP contribution >= 0.6 is 15.9 Å². The fourth-order valence-electron chi connectivity index (χ4n) is 1.96. The number of benzene rings is 1. The molecule has 0 saturated heterocycles. The van der Waals surface area contributed by atoms with Gasteiger partial charge in [-0.1, -0.05) is 5.10 Å². The molecule has 0 bridgehead atoms. The summed E-state index contributed by atoms with van der Waals surface area (Å²) in [6.45, 7) is 0. The maximum atomic E-state index is 13.5. The normalized spacial score (nSPS) is 12.8. The van der Waals surface area contributed by atoms with Gasteiger partial charge in [-0.25, -0.2) is 22.7 Å². The number of aromatic nitrogens is 4. The minimum absolute atomic E-state index is 0.0237. The molecule has 0 radical (unpaired) electrons. The third-order valence-corrected chi connectivity index (χ3v) is 4.24. The van der Waals surface area contributed by atoms with Crippen LogP contribution < -0.4 is 5.56 Å². The van der Waals surface area contributed by atoms with Gasteiger partial charge in [0.05, 0.1) is 0 Å². The zero-order valence-corrected chi connectivity index (χ0v) is 13.6. The molecule has 1 unspecified atom stereocenters. The molecule has 1 N–H and O–H groups in total. The molecule has 2 heterocycles. The molecule has 1 aromatic carbocycles. The van der Waals surface area contributed by atoms with Crippen LogP contribution in [-0.4, -0.2) is 30.4 Å². The van der Waals surface area contributed by atoms with Crippen molar-refractivity contribution in [3.8, 4) is 11.3 Å². The summed E-state index contributed by atoms with van der Waals surface area (Å²) in [7, 11) is 0. The van der Waals surface area contributed by atoms with Gasteiger partial charge in [-0.2, -0.15) is 0 Å². The molecule has 0 saturated carbocycles. The number of nitrogens with zero attached hydrogens (tertiary/aromatic N) is 3. The Morgan fingerprint density at radius 3 is 2.48 bits per heavy atom. The third-order valence-electron chi connectivity index (χ3n) is 2.96. The Labute approximate surface area is 137 Å². The van der Waals surface area contributed by atoms with Gasteiger partial charge in [-0.05, 0) is 28.1 Å². The number of nitrogens with one attached hydrogen (secondary N) is 1. The van der Waals surface area contributed by atoms with Crippen molar-refractivity contribution in [1.29, 1.82) is 0 Å². The molecule has 11 heteroatoms. The lowest BCUT2D eigenvalue weighted by Gasteiger charge is -2.06. The van der Waals surface area contributed by atoms with Crippen LogP contribution in [0.25, 0.3) is 16.9 Å². The molecular weight excluding hydrogens is 401 g/mol. The van der Waals surface area contributed by atoms with Crippen molar-refractivity contribution in [2.75, 3.05) is 6.26 Å². The summed E-state index contributed by atoms with van der Waals surface area (Å²) in [6.07, 6.45) is 1.30. The number of imidazole rings is 1. The SMILES string of the molecule is C[S+]([O-])c1nn2c(-c3cc(F)c(F)c(F)c3)c(Br)nc2c(=O)[nH]1. The Bertz CT molecular complexity index is 965. The lowest BCUT2D eigenvalue weighted by atomic mass is 10.1. The molecule has 0 aliphatic rings. The number of hydrogen-bond acceptors (Lipinski definition) is 4. The fourth-order valence-corrected chi connectivity index (χ4v) is 2.96. The first-order chi connectivity index (χ1) is 10.8. The van der Waals surface area contributed by atoms with Gasteiger partial charge in [-0.3, -0.25) is 9.78 Å². The Kier molecular flexibility index (Phi) is 3.94. The summed E-state index contributed by atoms with van der Waals surface area (Å²) in [4.78, 5) is 18.1. The van der Waals surface area contributed by atoms with Crippen LogP contribution in [0.2, 0.25) is 0 Å². The molecule has 0 spiro atoms. The Hall–Kier alpha value is -1.85. The average Bonchev–Trinajstić information content (AvgIpc) is 2.81. The number of halogens is 4. The summed E-state index contributed by atoms with van der Waals surface area (Å²) >= 11 is 1.47. The van der Waals surface area contributed by atoms with Crippen LogP contribution in [-0.2, 0) is 11.2 Å². The molecule has 2 aromatic heterocycles. The summed E-state index contributed by atoms with van der Waals surface area (Å²) in [6, 6.07) is 1.50. The van der Waals surface area contributed by atoms with E-state index in [9.17, 15) is 22.5 Å². The topological polar surface area (TPSA) is 86.1 Å². The molecule has 1 atom stereocenters. The monoisotopic (exact) mass is 406 g/mol. The van der Waals surface area contributed by atoms with E-state index in [4.69, 9.17) is 0 Å². The molecule has 3 aromatic rings. The highest BCUT2D eigenvalue weighted by atomic mass is 79.9. The summed E-state index contributed by atoms with van der Waals surface area (Å²) < 4.78 is 52.6. The van der Waals surface area contributed by atoms with Gasteiger partial charge >= 0.3 is 5.16 Å². The van der Waals surface area contributed by atoms with Crippen LogP contribution in [0, 0.1) is 17.5 Å². The quantitative estimate of drug-likeness (QED) is 0.520. The Morgan fingerprint density at radius 2 is 1.91 bits per heavy atom. The molecule has 0 aliphatic heterocycles. The van der Waals surface area contributed by atoms with Crippen molar-refractivity contribution in [3.05, 3.63) is 44.5 Å². The van der Waals surface area contributed by atoms with Crippen LogP contribution in [0.1, 0.15) is 0 Å². The van der Waals surface area contributed by atoms with Gasteiger partial charge in [0.25, 0.3) is 5.56 Å². The molecule has 0 amide bonds. The fraction of sp³-hybridized carbons (Fsp3) is 0.0833. The molecular formula is C12H6BrF3N4O2S. The van der Waals surface area contributed by atoms with Crippen LogP contribution in [0.4, 0.5) is 13.2 Å². The number of H-pyrrole nitrogens is 1. The van der Waals surface area contributed by atoms with E-state index in [1.807, 2.05) is 0 Å². The first kappa shape index (κ1) is 16.0. The van der Waals surface area contributed by atoms with Crippen molar-refractivity contribution in [1.82, 2.24) is 19.6 Å². The van der Waals surface area contributed by atoms with Crippen LogP contribution in [0.15, 0.2) is 26.7 Å². The van der Waals surface area contributed by atoms with E-state index in [-0.39, 0.29) is 26.7 Å². The van der Waals surface area contributed by atoms with Crippen molar-refractivity contribution in [3.63, 3.8) is 0 Å². The van der Waals surface area contributed by atoms with Gasteiger partial charge in [0.2, 0.25) is 5.65 Å². The minimum atomic E-state index is -1.61. The van der Waals surface area contributed by atoms with Crippen LogP contribution in [0.5, 0.6) is 0 Å². The number of rotatable bonds is 2. The minimum Gasteiger partial charge on any atom is -0.609 e. The van der Waals surface area contributed by atoms with Gasteiger partial charge < -0.3 is 4.55 Å². The van der Waals surface area contributed by atoms with Crippen molar-refractivity contribution in [2.24, 2.45) is 0 Å². The Morgan fingerprint density at radius 1 is 1.30 bits per heavy atom. The van der Waals surface area contributed by atoms with Gasteiger partial charge in [0.1, 0.15) is 16.6 Å². The van der Waals surface area contributed by atoms with Crippen molar-refractivity contribution < 1.29 is 17.7 Å². The van der Waals surface area contributed by atoms with E-state index < -0.39 is 34.2 Å². The highest BCUT2D eigenvalue weighted by molar-refractivity contribution is 9.10. The predicted molar refractivity (Wildman–Crippen MR) is 79.0 cm³/mol. The van der Waals surface area contributed by atoms with E-state index in [1.165, 1.54) is 6.26 Å². The lowest BCUT2D eigenvalue weighted by Crippen LogP contribution is -2.19. The second kappa shape index (κ2) is 5.65. The molecule has 0 aliphatic carbocycles. The van der Waals surface area contributed by atoms with E-state index in [0.717, 1.165) is 16.6 Å². The van der Waals surface area contributed by atoms with E-state index in [1.54, 1.807) is 0 Å². The van der Waals surface area contributed by atoms with Crippen molar-refractivity contribution >= 4 is 32.8 Å². The van der Waals surface area contributed by atoms with Gasteiger partial charge in [0.15, 0.2) is 17.5 Å². The van der Waals surface area contributed by atoms with Gasteiger partial charge in [-0.15, -0.1) is 0 Å². The van der Waals surface area contributed by atoms with E-state index in [0.29, 0.717) is 0 Å². The van der Waals surface area contributed by atoms with Crippen molar-refractivity contribution in [2.45, 2.75) is 5.16 Å². The number of fused-ring (bicyclic) bond motifs is 1. The molecule has 120 valence electrons. The summed E-state index contributed by atoms with van der Waals surface area (Å²) in [5.74, 6) is -4.41. The standard InChI is InChI=1S/C12H6BrF3N4O2S/c1-23(22)12-18-11(21)10-17-9(13)8(20(10)19-12)4-2-5(14)7(16)6(15)3-4/h2-3H,1H3,(H,18,19,21). The number of hydrogen-bond donors (Lipinski definition) is 1. The zero-order valence-electron chi connectivity index (χ0n) is 11.2. The highest BCUT2D eigenvalue weighted by Crippen LogP contribution is 2.30. The van der Waals surface area contributed by atoms with E-state index >= 15 is 0 Å². The number of aromatic amines is 1. The summed E-state index contributed by atoms with van der Waals surface area (Å²) in [5, 5.41) is 3.80. The molecule has 6 nitrogen and oxygen atoms in total. The third kappa shape index (κ3) is 2.64. The second-order valence-corrected chi connectivity index (χ2v) is 6.50.